The van der Waals surface area contributed by atoms with Gasteiger partial charge in [-0.2, -0.15) is 0 Å². The smallest absolute Gasteiger partial charge is 0.237 e. The van der Waals surface area contributed by atoms with E-state index < -0.39 is 0 Å². The van der Waals surface area contributed by atoms with Crippen LogP contribution in [0.15, 0.2) is 0 Å². The molecule has 1 heterocycles. The van der Waals surface area contributed by atoms with Crippen molar-refractivity contribution in [2.45, 2.75) is 70.9 Å². The van der Waals surface area contributed by atoms with Crippen molar-refractivity contribution in [3.8, 4) is 0 Å². The van der Waals surface area contributed by atoms with Gasteiger partial charge in [0.25, 0.3) is 0 Å². The minimum absolute atomic E-state index is 0.0343. The monoisotopic (exact) mass is 295 g/mol. The molecule has 1 amide bonds. The van der Waals surface area contributed by atoms with Crippen LogP contribution in [0, 0.1) is 5.92 Å². The first-order chi connectivity index (χ1) is 10.2. The lowest BCUT2D eigenvalue weighted by Gasteiger charge is -2.36. The highest BCUT2D eigenvalue weighted by Gasteiger charge is 2.27. The summed E-state index contributed by atoms with van der Waals surface area (Å²) < 4.78 is 0. The lowest BCUT2D eigenvalue weighted by atomic mass is 9.94. The van der Waals surface area contributed by atoms with E-state index in [2.05, 4.69) is 29.4 Å². The predicted octanol–water partition coefficient (Wildman–Crippen LogP) is 2.15. The summed E-state index contributed by atoms with van der Waals surface area (Å²) in [5, 5.41) is 6.71. The molecule has 1 saturated carbocycles. The molecule has 2 fully saturated rings. The molecule has 2 rings (SSSR count). The van der Waals surface area contributed by atoms with Crippen molar-refractivity contribution in [3.05, 3.63) is 0 Å². The van der Waals surface area contributed by atoms with Gasteiger partial charge in [0.2, 0.25) is 5.91 Å². The Morgan fingerprint density at radius 2 is 1.81 bits per heavy atom. The average Bonchev–Trinajstić information content (AvgIpc) is 2.53. The molecule has 0 radical (unpaired) electrons. The summed E-state index contributed by atoms with van der Waals surface area (Å²) in [4.78, 5) is 14.8. The maximum Gasteiger partial charge on any atom is 0.237 e. The molecule has 1 aliphatic heterocycles. The summed E-state index contributed by atoms with van der Waals surface area (Å²) in [6.45, 7) is 8.55. The van der Waals surface area contributed by atoms with Gasteiger partial charge in [0, 0.05) is 6.04 Å². The minimum Gasteiger partial charge on any atom is -0.352 e. The van der Waals surface area contributed by atoms with Gasteiger partial charge in [-0.1, -0.05) is 26.2 Å². The predicted molar refractivity (Wildman–Crippen MR) is 87.3 cm³/mol. The van der Waals surface area contributed by atoms with Gasteiger partial charge in [0.1, 0.15) is 0 Å². The second-order valence-electron chi connectivity index (χ2n) is 6.81. The van der Waals surface area contributed by atoms with E-state index in [4.69, 9.17) is 0 Å². The van der Waals surface area contributed by atoms with Crippen LogP contribution in [0.4, 0.5) is 0 Å². The number of nitrogens with zero attached hydrogens (tertiary/aromatic N) is 1. The molecule has 0 aromatic heterocycles. The second kappa shape index (κ2) is 8.74. The quantitative estimate of drug-likeness (QED) is 0.789. The standard InChI is InChI=1S/C17H33N3O/c1-3-18-13-15-9-11-20(12-10-15)14(2)17(21)19-16-7-5-4-6-8-16/h14-16,18H,3-13H2,1-2H3,(H,19,21). The van der Waals surface area contributed by atoms with Crippen molar-refractivity contribution in [2.75, 3.05) is 26.2 Å². The number of hydrogen-bond donors (Lipinski definition) is 2. The fourth-order valence-corrected chi connectivity index (χ4v) is 3.63. The zero-order valence-corrected chi connectivity index (χ0v) is 13.9. The average molecular weight is 295 g/mol. The van der Waals surface area contributed by atoms with Crippen LogP contribution < -0.4 is 10.6 Å². The van der Waals surface area contributed by atoms with E-state index in [1.54, 1.807) is 0 Å². The molecule has 122 valence electrons. The van der Waals surface area contributed by atoms with E-state index in [-0.39, 0.29) is 11.9 Å². The lowest BCUT2D eigenvalue weighted by molar-refractivity contribution is -0.127. The zero-order chi connectivity index (χ0) is 15.1. The Hall–Kier alpha value is -0.610. The maximum atomic E-state index is 12.4. The Kier molecular flexibility index (Phi) is 6.97. The third-order valence-electron chi connectivity index (χ3n) is 5.21. The fraction of sp³-hybridized carbons (Fsp3) is 0.941. The van der Waals surface area contributed by atoms with Gasteiger partial charge in [-0.15, -0.1) is 0 Å². The van der Waals surface area contributed by atoms with E-state index in [1.165, 1.54) is 44.9 Å². The molecular formula is C17H33N3O. The summed E-state index contributed by atoms with van der Waals surface area (Å²) in [6, 6.07) is 0.465. The van der Waals surface area contributed by atoms with Gasteiger partial charge in [-0.25, -0.2) is 0 Å². The highest BCUT2D eigenvalue weighted by Crippen LogP contribution is 2.20. The third-order valence-corrected chi connectivity index (χ3v) is 5.21. The lowest BCUT2D eigenvalue weighted by Crippen LogP contribution is -2.51. The number of amides is 1. The molecule has 0 aromatic carbocycles. The maximum absolute atomic E-state index is 12.4. The van der Waals surface area contributed by atoms with E-state index in [9.17, 15) is 4.79 Å². The van der Waals surface area contributed by atoms with Crippen molar-refractivity contribution in [3.63, 3.8) is 0 Å². The van der Waals surface area contributed by atoms with E-state index in [1.807, 2.05) is 0 Å². The summed E-state index contributed by atoms with van der Waals surface area (Å²) in [5.74, 6) is 1.03. The Morgan fingerprint density at radius 1 is 1.14 bits per heavy atom. The Bertz CT molecular complexity index is 307. The molecule has 0 bridgehead atoms. The number of piperidine rings is 1. The summed E-state index contributed by atoms with van der Waals surface area (Å²) in [6.07, 6.45) is 8.65. The highest BCUT2D eigenvalue weighted by molar-refractivity contribution is 5.81. The van der Waals surface area contributed by atoms with Gasteiger partial charge in [-0.3, -0.25) is 9.69 Å². The third kappa shape index (κ3) is 5.26. The van der Waals surface area contributed by atoms with Gasteiger partial charge < -0.3 is 10.6 Å². The molecule has 4 nitrogen and oxygen atoms in total. The summed E-state index contributed by atoms with van der Waals surface area (Å²) in [7, 11) is 0. The van der Waals surface area contributed by atoms with Gasteiger partial charge >= 0.3 is 0 Å². The summed E-state index contributed by atoms with van der Waals surface area (Å²) >= 11 is 0. The van der Waals surface area contributed by atoms with E-state index in [0.29, 0.717) is 6.04 Å². The van der Waals surface area contributed by atoms with Crippen molar-refractivity contribution in [2.24, 2.45) is 5.92 Å². The van der Waals surface area contributed by atoms with Crippen LogP contribution in [0.5, 0.6) is 0 Å². The first kappa shape index (κ1) is 16.8. The Morgan fingerprint density at radius 3 is 2.43 bits per heavy atom. The van der Waals surface area contributed by atoms with Crippen molar-refractivity contribution < 1.29 is 4.79 Å². The van der Waals surface area contributed by atoms with Crippen molar-refractivity contribution in [1.82, 2.24) is 15.5 Å². The van der Waals surface area contributed by atoms with Crippen LogP contribution in [0.2, 0.25) is 0 Å². The van der Waals surface area contributed by atoms with Crippen molar-refractivity contribution >= 4 is 5.91 Å². The largest absolute Gasteiger partial charge is 0.352 e. The SMILES string of the molecule is CCNCC1CCN(C(C)C(=O)NC2CCCCC2)CC1. The molecule has 2 N–H and O–H groups in total. The zero-order valence-electron chi connectivity index (χ0n) is 13.9. The van der Waals surface area contributed by atoms with Crippen molar-refractivity contribution in [1.29, 1.82) is 0 Å². The number of likely N-dealkylation sites (tertiary alicyclic amines) is 1. The molecule has 1 atom stereocenters. The molecule has 1 aliphatic carbocycles. The highest BCUT2D eigenvalue weighted by atomic mass is 16.2. The van der Waals surface area contributed by atoms with Gasteiger partial charge in [0.05, 0.1) is 6.04 Å². The Labute approximate surface area is 130 Å². The number of carbonyl (C=O) groups excluding carboxylic acids is 1. The van der Waals surface area contributed by atoms with Gasteiger partial charge in [0.15, 0.2) is 0 Å². The van der Waals surface area contributed by atoms with Gasteiger partial charge in [-0.05, 0) is 64.7 Å². The molecule has 1 unspecified atom stereocenters. The van der Waals surface area contributed by atoms with Crippen LogP contribution in [0.1, 0.15) is 58.8 Å². The molecule has 1 saturated heterocycles. The fourth-order valence-electron chi connectivity index (χ4n) is 3.63. The normalized spacial score (nSPS) is 23.9. The molecule has 4 heteroatoms. The Balaban J connectivity index is 1.70. The second-order valence-corrected chi connectivity index (χ2v) is 6.81. The number of carbonyl (C=O) groups is 1. The first-order valence-corrected chi connectivity index (χ1v) is 8.95. The molecule has 2 aliphatic rings. The van der Waals surface area contributed by atoms with E-state index >= 15 is 0 Å². The summed E-state index contributed by atoms with van der Waals surface area (Å²) in [5.41, 5.74) is 0. The van der Waals surface area contributed by atoms with E-state index in [0.717, 1.165) is 32.1 Å². The van der Waals surface area contributed by atoms with Crippen LogP contribution >= 0.6 is 0 Å². The molecular weight excluding hydrogens is 262 g/mol. The molecule has 0 spiro atoms. The molecule has 0 aromatic rings. The van der Waals surface area contributed by atoms with Crippen LogP contribution in [0.3, 0.4) is 0 Å². The molecule has 21 heavy (non-hydrogen) atoms. The van der Waals surface area contributed by atoms with Crippen LogP contribution in [-0.4, -0.2) is 49.1 Å². The van der Waals surface area contributed by atoms with Crippen LogP contribution in [0.25, 0.3) is 0 Å². The minimum atomic E-state index is 0.0343. The van der Waals surface area contributed by atoms with Crippen LogP contribution in [-0.2, 0) is 4.79 Å². The topological polar surface area (TPSA) is 44.4 Å². The number of rotatable bonds is 6. The number of nitrogens with one attached hydrogen (secondary N) is 2. The first-order valence-electron chi connectivity index (χ1n) is 8.95. The number of hydrogen-bond acceptors (Lipinski definition) is 3.